The lowest BCUT2D eigenvalue weighted by Gasteiger charge is -2.26. The molecule has 0 spiro atoms. The highest BCUT2D eigenvalue weighted by Gasteiger charge is 2.18. The summed E-state index contributed by atoms with van der Waals surface area (Å²) in [7, 11) is 0. The molecule has 6 nitrogen and oxygen atoms in total. The Morgan fingerprint density at radius 1 is 1.08 bits per heavy atom. The topological polar surface area (TPSA) is 67.9 Å². The summed E-state index contributed by atoms with van der Waals surface area (Å²) >= 11 is 0. The Bertz CT molecular complexity index is 590. The van der Waals surface area contributed by atoms with Crippen LogP contribution in [-0.2, 0) is 14.3 Å². The number of carbonyl (C=O) groups is 2. The average molecular weight is 360 g/mol. The number of nitrogens with zero attached hydrogens (tertiary/aromatic N) is 1. The van der Waals surface area contributed by atoms with Gasteiger partial charge in [-0.05, 0) is 43.0 Å². The van der Waals surface area contributed by atoms with Gasteiger partial charge >= 0.3 is 0 Å². The van der Waals surface area contributed by atoms with Crippen LogP contribution < -0.4 is 10.1 Å². The second-order valence-corrected chi connectivity index (χ2v) is 7.06. The van der Waals surface area contributed by atoms with Crippen molar-refractivity contribution in [3.05, 3.63) is 24.3 Å². The van der Waals surface area contributed by atoms with Gasteiger partial charge in [-0.1, -0.05) is 19.3 Å². The fourth-order valence-electron chi connectivity index (χ4n) is 3.55. The summed E-state index contributed by atoms with van der Waals surface area (Å²) in [5.74, 6) is 1.20. The molecule has 1 aliphatic heterocycles. The van der Waals surface area contributed by atoms with Gasteiger partial charge in [-0.15, -0.1) is 0 Å². The van der Waals surface area contributed by atoms with Crippen LogP contribution in [-0.4, -0.2) is 49.6 Å². The first-order valence-corrected chi connectivity index (χ1v) is 9.59. The summed E-state index contributed by atoms with van der Waals surface area (Å²) in [5, 5.41) is 2.95. The van der Waals surface area contributed by atoms with Crippen LogP contribution in [0.15, 0.2) is 24.3 Å². The fraction of sp³-hybridized carbons (Fsp3) is 0.600. The van der Waals surface area contributed by atoms with Gasteiger partial charge in [-0.3, -0.25) is 9.59 Å². The molecule has 26 heavy (non-hydrogen) atoms. The molecule has 2 fully saturated rings. The SMILES string of the molecule is O=C(CC1CCCCC1)Nc1ccc(OCC(=O)N2CCOCC2)cc1. The first kappa shape index (κ1) is 18.7. The molecule has 0 radical (unpaired) electrons. The lowest BCUT2D eigenvalue weighted by Crippen LogP contribution is -2.42. The first-order valence-electron chi connectivity index (χ1n) is 9.59. The normalized spacial score (nSPS) is 18.4. The highest BCUT2D eigenvalue weighted by Crippen LogP contribution is 2.26. The van der Waals surface area contributed by atoms with Crippen molar-refractivity contribution in [1.82, 2.24) is 4.90 Å². The fourth-order valence-corrected chi connectivity index (χ4v) is 3.55. The van der Waals surface area contributed by atoms with Crippen LogP contribution in [0.25, 0.3) is 0 Å². The third-order valence-electron chi connectivity index (χ3n) is 5.06. The molecule has 2 amide bonds. The quantitative estimate of drug-likeness (QED) is 0.847. The van der Waals surface area contributed by atoms with E-state index in [1.54, 1.807) is 17.0 Å². The monoisotopic (exact) mass is 360 g/mol. The highest BCUT2D eigenvalue weighted by molar-refractivity contribution is 5.90. The third-order valence-corrected chi connectivity index (χ3v) is 5.06. The highest BCUT2D eigenvalue weighted by atomic mass is 16.5. The molecular formula is C20H28N2O4. The number of hydrogen-bond donors (Lipinski definition) is 1. The predicted molar refractivity (Wildman–Crippen MR) is 99.2 cm³/mol. The number of morpholine rings is 1. The smallest absolute Gasteiger partial charge is 0.260 e. The molecular weight excluding hydrogens is 332 g/mol. The molecule has 142 valence electrons. The van der Waals surface area contributed by atoms with Gasteiger partial charge in [-0.25, -0.2) is 0 Å². The standard InChI is InChI=1S/C20H28N2O4/c23-19(14-16-4-2-1-3-5-16)21-17-6-8-18(9-7-17)26-15-20(24)22-10-12-25-13-11-22/h6-9,16H,1-5,10-15H2,(H,21,23). The first-order chi connectivity index (χ1) is 12.7. The summed E-state index contributed by atoms with van der Waals surface area (Å²) in [5.41, 5.74) is 0.762. The van der Waals surface area contributed by atoms with Crippen LogP contribution in [0, 0.1) is 5.92 Å². The van der Waals surface area contributed by atoms with E-state index < -0.39 is 0 Å². The van der Waals surface area contributed by atoms with Crippen molar-refractivity contribution in [1.29, 1.82) is 0 Å². The van der Waals surface area contributed by atoms with E-state index in [0.29, 0.717) is 44.4 Å². The van der Waals surface area contributed by atoms with E-state index in [1.165, 1.54) is 19.3 Å². The molecule has 3 rings (SSSR count). The van der Waals surface area contributed by atoms with Gasteiger partial charge in [0.2, 0.25) is 5.91 Å². The Labute approximate surface area is 154 Å². The molecule has 0 unspecified atom stereocenters. The lowest BCUT2D eigenvalue weighted by molar-refractivity contribution is -0.137. The van der Waals surface area contributed by atoms with Gasteiger partial charge < -0.3 is 19.7 Å². The molecule has 0 bridgehead atoms. The van der Waals surface area contributed by atoms with E-state index in [1.807, 2.05) is 12.1 Å². The second-order valence-electron chi connectivity index (χ2n) is 7.06. The van der Waals surface area contributed by atoms with E-state index in [4.69, 9.17) is 9.47 Å². The van der Waals surface area contributed by atoms with Gasteiger partial charge in [-0.2, -0.15) is 0 Å². The van der Waals surface area contributed by atoms with Crippen molar-refractivity contribution < 1.29 is 19.1 Å². The minimum Gasteiger partial charge on any atom is -0.484 e. The Morgan fingerprint density at radius 3 is 2.46 bits per heavy atom. The second kappa shape index (κ2) is 9.57. The molecule has 1 saturated heterocycles. The summed E-state index contributed by atoms with van der Waals surface area (Å²) in [6.45, 7) is 2.43. The number of anilines is 1. The Morgan fingerprint density at radius 2 is 1.77 bits per heavy atom. The van der Waals surface area contributed by atoms with Crippen molar-refractivity contribution >= 4 is 17.5 Å². The zero-order chi connectivity index (χ0) is 18.2. The Kier molecular flexibility index (Phi) is 6.89. The Hall–Kier alpha value is -2.08. The van der Waals surface area contributed by atoms with Crippen LogP contribution >= 0.6 is 0 Å². The van der Waals surface area contributed by atoms with Gasteiger partial charge in [0.05, 0.1) is 13.2 Å². The van der Waals surface area contributed by atoms with Crippen LogP contribution in [0.2, 0.25) is 0 Å². The zero-order valence-corrected chi connectivity index (χ0v) is 15.2. The van der Waals surface area contributed by atoms with Crippen LogP contribution in [0.4, 0.5) is 5.69 Å². The summed E-state index contributed by atoms with van der Waals surface area (Å²) in [4.78, 5) is 26.0. The number of carbonyl (C=O) groups excluding carboxylic acids is 2. The molecule has 1 aromatic rings. The van der Waals surface area contributed by atoms with E-state index in [2.05, 4.69) is 5.32 Å². The maximum Gasteiger partial charge on any atom is 0.260 e. The van der Waals surface area contributed by atoms with Crippen molar-refractivity contribution in [2.45, 2.75) is 38.5 Å². The molecule has 0 aromatic heterocycles. The number of amides is 2. The molecule has 0 atom stereocenters. The molecule has 1 aromatic carbocycles. The molecule has 2 aliphatic rings. The summed E-state index contributed by atoms with van der Waals surface area (Å²) < 4.78 is 10.8. The molecule has 1 aliphatic carbocycles. The molecule has 1 saturated carbocycles. The maximum absolute atomic E-state index is 12.2. The van der Waals surface area contributed by atoms with Crippen molar-refractivity contribution in [2.75, 3.05) is 38.2 Å². The number of nitrogens with one attached hydrogen (secondary N) is 1. The van der Waals surface area contributed by atoms with Gasteiger partial charge in [0.15, 0.2) is 6.61 Å². The third kappa shape index (κ3) is 5.73. The van der Waals surface area contributed by atoms with E-state index in [-0.39, 0.29) is 18.4 Å². The molecule has 1 N–H and O–H groups in total. The number of hydrogen-bond acceptors (Lipinski definition) is 4. The molecule has 6 heteroatoms. The summed E-state index contributed by atoms with van der Waals surface area (Å²) in [6, 6.07) is 7.19. The van der Waals surface area contributed by atoms with Crippen LogP contribution in [0.5, 0.6) is 5.75 Å². The number of rotatable bonds is 6. The van der Waals surface area contributed by atoms with Crippen LogP contribution in [0.3, 0.4) is 0 Å². The minimum atomic E-state index is -0.0295. The van der Waals surface area contributed by atoms with E-state index in [9.17, 15) is 9.59 Å². The van der Waals surface area contributed by atoms with Gasteiger partial charge in [0.1, 0.15) is 5.75 Å². The largest absolute Gasteiger partial charge is 0.484 e. The van der Waals surface area contributed by atoms with E-state index >= 15 is 0 Å². The predicted octanol–water partition coefficient (Wildman–Crippen LogP) is 2.83. The van der Waals surface area contributed by atoms with Crippen molar-refractivity contribution in [3.8, 4) is 5.75 Å². The van der Waals surface area contributed by atoms with Crippen molar-refractivity contribution in [3.63, 3.8) is 0 Å². The Balaban J connectivity index is 1.41. The zero-order valence-electron chi connectivity index (χ0n) is 15.2. The average Bonchev–Trinajstić information content (AvgIpc) is 2.68. The summed E-state index contributed by atoms with van der Waals surface area (Å²) in [6.07, 6.45) is 6.72. The lowest BCUT2D eigenvalue weighted by atomic mass is 9.87. The maximum atomic E-state index is 12.2. The van der Waals surface area contributed by atoms with Crippen LogP contribution in [0.1, 0.15) is 38.5 Å². The number of ether oxygens (including phenoxy) is 2. The van der Waals surface area contributed by atoms with Crippen molar-refractivity contribution in [2.24, 2.45) is 5.92 Å². The van der Waals surface area contributed by atoms with E-state index in [0.717, 1.165) is 18.5 Å². The number of benzene rings is 1. The van der Waals surface area contributed by atoms with Gasteiger partial charge in [0, 0.05) is 25.2 Å². The van der Waals surface area contributed by atoms with Gasteiger partial charge in [0.25, 0.3) is 5.91 Å². The molecule has 1 heterocycles. The minimum absolute atomic E-state index is 0.0212.